The van der Waals surface area contributed by atoms with E-state index in [1.807, 2.05) is 19.2 Å². The van der Waals surface area contributed by atoms with Crippen molar-refractivity contribution >= 4 is 22.8 Å². The largest absolute Gasteiger partial charge is 0.324 e. The lowest BCUT2D eigenvalue weighted by molar-refractivity contribution is 0.205. The van der Waals surface area contributed by atoms with Gasteiger partial charge in [-0.05, 0) is 50.6 Å². The van der Waals surface area contributed by atoms with E-state index in [9.17, 15) is 8.78 Å². The Hall–Kier alpha value is -2.89. The highest BCUT2D eigenvalue weighted by molar-refractivity contribution is 5.87. The number of aryl methyl sites for hydroxylation is 1. The standard InChI is InChI=1S/C21H20F2N4/c1-12(2)27-13(3)25-21-19(27)10-14(11-24-21)16-7-8-18-17(16)6-4-15(26-18)5-9-20(22)23/h4-7,9-12,20H,8H2,1-3H3/b9-5-. The molecule has 3 aromatic rings. The summed E-state index contributed by atoms with van der Waals surface area (Å²) in [5.41, 5.74) is 6.32. The summed E-state index contributed by atoms with van der Waals surface area (Å²) >= 11 is 0. The average Bonchev–Trinajstić information content (AvgIpc) is 3.18. The van der Waals surface area contributed by atoms with Crippen LogP contribution in [0, 0.1) is 6.92 Å². The Morgan fingerprint density at radius 1 is 1.19 bits per heavy atom. The lowest BCUT2D eigenvalue weighted by Crippen LogP contribution is -2.03. The third kappa shape index (κ3) is 3.16. The van der Waals surface area contributed by atoms with Gasteiger partial charge in [-0.25, -0.2) is 18.7 Å². The first-order valence-electron chi connectivity index (χ1n) is 8.96. The van der Waals surface area contributed by atoms with E-state index in [0.29, 0.717) is 18.2 Å². The minimum absolute atomic E-state index is 0.294. The number of pyridine rings is 2. The molecule has 0 spiro atoms. The van der Waals surface area contributed by atoms with E-state index in [4.69, 9.17) is 0 Å². The number of halogens is 2. The molecule has 0 N–H and O–H groups in total. The van der Waals surface area contributed by atoms with E-state index in [-0.39, 0.29) is 0 Å². The van der Waals surface area contributed by atoms with Gasteiger partial charge in [-0.1, -0.05) is 12.1 Å². The molecule has 0 bridgehead atoms. The third-order valence-electron chi connectivity index (χ3n) is 4.75. The fraction of sp³-hybridized carbons (Fsp3) is 0.286. The van der Waals surface area contributed by atoms with Crippen LogP contribution >= 0.6 is 0 Å². The van der Waals surface area contributed by atoms with E-state index in [2.05, 4.69) is 45.5 Å². The Balaban J connectivity index is 1.73. The summed E-state index contributed by atoms with van der Waals surface area (Å²) in [7, 11) is 0. The molecule has 0 saturated heterocycles. The van der Waals surface area contributed by atoms with E-state index in [0.717, 1.165) is 45.5 Å². The molecule has 0 radical (unpaired) electrons. The molecule has 27 heavy (non-hydrogen) atoms. The van der Waals surface area contributed by atoms with Crippen molar-refractivity contribution in [1.82, 2.24) is 19.5 Å². The van der Waals surface area contributed by atoms with Gasteiger partial charge in [-0.2, -0.15) is 0 Å². The average molecular weight is 366 g/mol. The van der Waals surface area contributed by atoms with Crippen LogP contribution in [-0.2, 0) is 6.42 Å². The van der Waals surface area contributed by atoms with Gasteiger partial charge < -0.3 is 4.57 Å². The summed E-state index contributed by atoms with van der Waals surface area (Å²) < 4.78 is 26.9. The van der Waals surface area contributed by atoms with Crippen LogP contribution in [0.3, 0.4) is 0 Å². The van der Waals surface area contributed by atoms with Crippen molar-refractivity contribution in [2.75, 3.05) is 0 Å². The van der Waals surface area contributed by atoms with E-state index in [1.165, 1.54) is 6.08 Å². The second kappa shape index (κ2) is 6.68. The van der Waals surface area contributed by atoms with Crippen LogP contribution < -0.4 is 0 Å². The maximum Gasteiger partial charge on any atom is 0.257 e. The fourth-order valence-corrected chi connectivity index (χ4v) is 3.66. The van der Waals surface area contributed by atoms with Gasteiger partial charge in [-0.3, -0.25) is 4.98 Å². The zero-order valence-electron chi connectivity index (χ0n) is 15.4. The molecule has 138 valence electrons. The molecule has 0 saturated carbocycles. The molecule has 0 unspecified atom stereocenters. The van der Waals surface area contributed by atoms with Crippen molar-refractivity contribution in [3.63, 3.8) is 0 Å². The summed E-state index contributed by atoms with van der Waals surface area (Å²) in [6.45, 7) is 6.25. The summed E-state index contributed by atoms with van der Waals surface area (Å²) in [6.07, 6.45) is 4.38. The van der Waals surface area contributed by atoms with E-state index >= 15 is 0 Å². The van der Waals surface area contributed by atoms with Crippen molar-refractivity contribution in [2.24, 2.45) is 0 Å². The van der Waals surface area contributed by atoms with E-state index in [1.54, 1.807) is 6.07 Å². The van der Waals surface area contributed by atoms with Gasteiger partial charge in [0.1, 0.15) is 5.82 Å². The highest BCUT2D eigenvalue weighted by Gasteiger charge is 2.19. The quantitative estimate of drug-likeness (QED) is 0.654. The topological polar surface area (TPSA) is 43.6 Å². The minimum Gasteiger partial charge on any atom is -0.324 e. The summed E-state index contributed by atoms with van der Waals surface area (Å²) in [5, 5.41) is 0. The molecular formula is C21H20F2N4. The van der Waals surface area contributed by atoms with Gasteiger partial charge in [-0.15, -0.1) is 0 Å². The number of fused-ring (bicyclic) bond motifs is 2. The van der Waals surface area contributed by atoms with Crippen molar-refractivity contribution in [3.05, 3.63) is 64.9 Å². The summed E-state index contributed by atoms with van der Waals surface area (Å²) in [6, 6.07) is 6.13. The van der Waals surface area contributed by atoms with Gasteiger partial charge in [0, 0.05) is 29.8 Å². The molecule has 6 heteroatoms. The number of aromatic nitrogens is 4. The molecule has 0 fully saturated rings. The molecule has 0 amide bonds. The number of imidazole rings is 1. The SMILES string of the molecule is Cc1nc2ncc(C3=CCc4nc(/C=C\C(F)F)ccc43)cc2n1C(C)C. The van der Waals surface area contributed by atoms with Gasteiger partial charge in [0.25, 0.3) is 6.43 Å². The fourth-order valence-electron chi connectivity index (χ4n) is 3.66. The first-order valence-corrected chi connectivity index (χ1v) is 8.96. The van der Waals surface area contributed by atoms with Gasteiger partial charge in [0.2, 0.25) is 0 Å². The maximum atomic E-state index is 12.4. The number of nitrogens with zero attached hydrogens (tertiary/aromatic N) is 4. The van der Waals surface area contributed by atoms with Gasteiger partial charge in [0.05, 0.1) is 16.9 Å². The van der Waals surface area contributed by atoms with Gasteiger partial charge in [0.15, 0.2) is 5.65 Å². The monoisotopic (exact) mass is 366 g/mol. The number of rotatable bonds is 4. The normalized spacial score (nSPS) is 14.0. The first-order chi connectivity index (χ1) is 12.9. The molecule has 1 aliphatic rings. The summed E-state index contributed by atoms with van der Waals surface area (Å²) in [5.74, 6) is 0.947. The Morgan fingerprint density at radius 2 is 2.00 bits per heavy atom. The maximum absolute atomic E-state index is 12.4. The smallest absolute Gasteiger partial charge is 0.257 e. The number of hydrogen-bond acceptors (Lipinski definition) is 3. The Kier molecular flexibility index (Phi) is 4.34. The van der Waals surface area contributed by atoms with Crippen molar-refractivity contribution in [3.8, 4) is 0 Å². The van der Waals surface area contributed by atoms with Crippen LogP contribution in [0.2, 0.25) is 0 Å². The molecule has 4 nitrogen and oxygen atoms in total. The summed E-state index contributed by atoms with van der Waals surface area (Å²) in [4.78, 5) is 13.6. The van der Waals surface area contributed by atoms with Crippen LogP contribution in [0.15, 0.2) is 36.5 Å². The third-order valence-corrected chi connectivity index (χ3v) is 4.75. The molecule has 0 aromatic carbocycles. The highest BCUT2D eigenvalue weighted by atomic mass is 19.3. The van der Waals surface area contributed by atoms with Crippen molar-refractivity contribution in [1.29, 1.82) is 0 Å². The lowest BCUT2D eigenvalue weighted by Gasteiger charge is -2.11. The zero-order valence-corrected chi connectivity index (χ0v) is 15.4. The second-order valence-corrected chi connectivity index (χ2v) is 6.94. The molecule has 0 atom stereocenters. The predicted octanol–water partition coefficient (Wildman–Crippen LogP) is 4.98. The minimum atomic E-state index is -2.47. The Morgan fingerprint density at radius 3 is 2.74 bits per heavy atom. The second-order valence-electron chi connectivity index (χ2n) is 6.94. The predicted molar refractivity (Wildman–Crippen MR) is 103 cm³/mol. The van der Waals surface area contributed by atoms with Crippen LogP contribution in [0.4, 0.5) is 8.78 Å². The van der Waals surface area contributed by atoms with E-state index < -0.39 is 6.43 Å². The van der Waals surface area contributed by atoms with Crippen molar-refractivity contribution < 1.29 is 8.78 Å². The molecule has 3 heterocycles. The molecule has 4 rings (SSSR count). The Labute approximate surface area is 156 Å². The first kappa shape index (κ1) is 17.5. The molecule has 0 aliphatic heterocycles. The lowest BCUT2D eigenvalue weighted by atomic mass is 10.0. The molecule has 1 aliphatic carbocycles. The zero-order chi connectivity index (χ0) is 19.1. The van der Waals surface area contributed by atoms with Crippen LogP contribution in [0.5, 0.6) is 0 Å². The molecule has 3 aromatic heterocycles. The van der Waals surface area contributed by atoms with Crippen LogP contribution in [-0.4, -0.2) is 25.9 Å². The molecular weight excluding hydrogens is 346 g/mol. The number of hydrogen-bond donors (Lipinski definition) is 0. The van der Waals surface area contributed by atoms with Gasteiger partial charge >= 0.3 is 0 Å². The van der Waals surface area contributed by atoms with Crippen LogP contribution in [0.1, 0.15) is 48.2 Å². The van der Waals surface area contributed by atoms with Crippen molar-refractivity contribution in [2.45, 2.75) is 39.7 Å². The Bertz CT molecular complexity index is 1080. The number of allylic oxidation sites excluding steroid dienone is 2. The van der Waals surface area contributed by atoms with Crippen LogP contribution in [0.25, 0.3) is 22.8 Å². The highest BCUT2D eigenvalue weighted by Crippen LogP contribution is 2.33. The number of alkyl halides is 2.